The third-order valence-electron chi connectivity index (χ3n) is 3.55. The lowest BCUT2D eigenvalue weighted by atomic mass is 9.73. The molecular weight excluding hydrogens is 178 g/mol. The van der Waals surface area contributed by atoms with E-state index in [0.29, 0.717) is 12.2 Å². The highest BCUT2D eigenvalue weighted by Crippen LogP contribution is 2.32. The average Bonchev–Trinajstić information content (AvgIpc) is 2.16. The van der Waals surface area contributed by atoms with Crippen molar-refractivity contribution in [1.29, 1.82) is 0 Å². The van der Waals surface area contributed by atoms with Crippen molar-refractivity contribution in [3.63, 3.8) is 0 Å². The summed E-state index contributed by atoms with van der Waals surface area (Å²) in [5.41, 5.74) is 0. The van der Waals surface area contributed by atoms with Crippen molar-refractivity contribution in [1.82, 2.24) is 5.32 Å². The number of hydrogen-bond donors (Lipinski definition) is 1. The molecule has 0 aromatic heterocycles. The van der Waals surface area contributed by atoms with Gasteiger partial charge in [0.1, 0.15) is 5.78 Å². The summed E-state index contributed by atoms with van der Waals surface area (Å²) >= 11 is 0. The first kappa shape index (κ1) is 9.69. The van der Waals surface area contributed by atoms with Gasteiger partial charge in [0.15, 0.2) is 0 Å². The van der Waals surface area contributed by atoms with Gasteiger partial charge in [-0.1, -0.05) is 13.3 Å². The Labute approximate surface area is 84.2 Å². The molecule has 14 heavy (non-hydrogen) atoms. The summed E-state index contributed by atoms with van der Waals surface area (Å²) in [5, 5.41) is 2.88. The average molecular weight is 195 g/mol. The van der Waals surface area contributed by atoms with Gasteiger partial charge >= 0.3 is 0 Å². The van der Waals surface area contributed by atoms with Crippen LogP contribution in [-0.4, -0.2) is 17.7 Å². The van der Waals surface area contributed by atoms with Gasteiger partial charge in [-0.05, 0) is 19.3 Å². The third-order valence-corrected chi connectivity index (χ3v) is 3.55. The quantitative estimate of drug-likeness (QED) is 0.674. The number of hydrogen-bond acceptors (Lipinski definition) is 2. The van der Waals surface area contributed by atoms with Crippen molar-refractivity contribution < 1.29 is 9.59 Å². The molecule has 3 unspecified atom stereocenters. The summed E-state index contributed by atoms with van der Waals surface area (Å²) in [7, 11) is 0. The zero-order chi connectivity index (χ0) is 10.1. The lowest BCUT2D eigenvalue weighted by Crippen LogP contribution is -2.62. The Balaban J connectivity index is 2.00. The van der Waals surface area contributed by atoms with E-state index >= 15 is 0 Å². The number of β-lactam (4-membered cyclic amide) rings is 1. The van der Waals surface area contributed by atoms with E-state index in [0.717, 1.165) is 25.7 Å². The predicted molar refractivity (Wildman–Crippen MR) is 52.7 cm³/mol. The van der Waals surface area contributed by atoms with Crippen molar-refractivity contribution in [3.05, 3.63) is 0 Å². The minimum atomic E-state index is 0.0991. The van der Waals surface area contributed by atoms with Gasteiger partial charge in [0, 0.05) is 12.3 Å². The fourth-order valence-electron chi connectivity index (χ4n) is 2.65. The second-order valence-electron chi connectivity index (χ2n) is 4.37. The van der Waals surface area contributed by atoms with Gasteiger partial charge in [-0.2, -0.15) is 0 Å². The van der Waals surface area contributed by atoms with Crippen LogP contribution in [0.4, 0.5) is 0 Å². The van der Waals surface area contributed by atoms with Crippen LogP contribution in [-0.2, 0) is 9.59 Å². The molecule has 3 heteroatoms. The smallest absolute Gasteiger partial charge is 0.225 e. The van der Waals surface area contributed by atoms with E-state index in [2.05, 4.69) is 5.32 Å². The van der Waals surface area contributed by atoms with Crippen LogP contribution in [0, 0.1) is 11.8 Å². The zero-order valence-electron chi connectivity index (χ0n) is 8.58. The molecule has 78 valence electrons. The number of ketones is 1. The maximum absolute atomic E-state index is 11.6. The Bertz CT molecular complexity index is 262. The fraction of sp³-hybridized carbons (Fsp3) is 0.818. The molecule has 1 saturated carbocycles. The topological polar surface area (TPSA) is 46.2 Å². The molecule has 1 aliphatic heterocycles. The van der Waals surface area contributed by atoms with Crippen LogP contribution in [0.3, 0.4) is 0 Å². The number of Topliss-reactive ketones (excluding diaryl/α,β-unsaturated/α-hetero) is 1. The summed E-state index contributed by atoms with van der Waals surface area (Å²) < 4.78 is 0. The molecule has 1 aliphatic carbocycles. The van der Waals surface area contributed by atoms with E-state index in [1.54, 1.807) is 0 Å². The Morgan fingerprint density at radius 2 is 2.14 bits per heavy atom. The van der Waals surface area contributed by atoms with Gasteiger partial charge < -0.3 is 5.32 Å². The minimum Gasteiger partial charge on any atom is -0.352 e. The number of rotatable bonds is 2. The monoisotopic (exact) mass is 195 g/mol. The van der Waals surface area contributed by atoms with E-state index < -0.39 is 0 Å². The van der Waals surface area contributed by atoms with Crippen LogP contribution in [0.15, 0.2) is 0 Å². The largest absolute Gasteiger partial charge is 0.352 e. The fourth-order valence-corrected chi connectivity index (χ4v) is 2.65. The summed E-state index contributed by atoms with van der Waals surface area (Å²) in [6.07, 6.45) is 4.72. The highest BCUT2D eigenvalue weighted by molar-refractivity contribution is 5.90. The van der Waals surface area contributed by atoms with Crippen LogP contribution in [0.2, 0.25) is 0 Å². The molecule has 0 spiro atoms. The second-order valence-corrected chi connectivity index (χ2v) is 4.37. The van der Waals surface area contributed by atoms with E-state index in [-0.39, 0.29) is 23.8 Å². The maximum atomic E-state index is 11.6. The number of carbonyl (C=O) groups is 2. The van der Waals surface area contributed by atoms with Gasteiger partial charge in [-0.25, -0.2) is 0 Å². The first-order valence-corrected chi connectivity index (χ1v) is 5.57. The second kappa shape index (κ2) is 3.71. The highest BCUT2D eigenvalue weighted by atomic mass is 16.2. The van der Waals surface area contributed by atoms with Crippen LogP contribution >= 0.6 is 0 Å². The molecule has 0 aromatic rings. The van der Waals surface area contributed by atoms with E-state index in [4.69, 9.17) is 0 Å². The molecule has 0 aromatic carbocycles. The SMILES string of the molecule is CCC1C(=O)NC1C1CCCCC1=O. The van der Waals surface area contributed by atoms with Crippen molar-refractivity contribution in [3.8, 4) is 0 Å². The number of amides is 1. The van der Waals surface area contributed by atoms with Crippen LogP contribution in [0.25, 0.3) is 0 Å². The summed E-state index contributed by atoms with van der Waals surface area (Å²) in [6.45, 7) is 2.02. The first-order valence-electron chi connectivity index (χ1n) is 5.57. The number of nitrogens with one attached hydrogen (secondary N) is 1. The lowest BCUT2D eigenvalue weighted by molar-refractivity contribution is -0.140. The summed E-state index contributed by atoms with van der Waals surface area (Å²) in [4.78, 5) is 22.8. The summed E-state index contributed by atoms with van der Waals surface area (Å²) in [5.74, 6) is 0.712. The van der Waals surface area contributed by atoms with E-state index in [9.17, 15) is 9.59 Å². The molecule has 0 bridgehead atoms. The Morgan fingerprint density at radius 1 is 1.36 bits per heavy atom. The molecule has 1 heterocycles. The maximum Gasteiger partial charge on any atom is 0.225 e. The third kappa shape index (κ3) is 1.45. The minimum absolute atomic E-state index is 0.0991. The van der Waals surface area contributed by atoms with Crippen LogP contribution in [0.5, 0.6) is 0 Å². The molecule has 2 fully saturated rings. The Kier molecular flexibility index (Phi) is 2.57. The first-order chi connectivity index (χ1) is 6.74. The van der Waals surface area contributed by atoms with Gasteiger partial charge in [0.25, 0.3) is 0 Å². The van der Waals surface area contributed by atoms with Crippen molar-refractivity contribution in [2.75, 3.05) is 0 Å². The van der Waals surface area contributed by atoms with Gasteiger partial charge in [-0.3, -0.25) is 9.59 Å². The Hall–Kier alpha value is -0.860. The van der Waals surface area contributed by atoms with E-state index in [1.807, 2.05) is 6.92 Å². The van der Waals surface area contributed by atoms with E-state index in [1.165, 1.54) is 0 Å². The van der Waals surface area contributed by atoms with Crippen LogP contribution in [0.1, 0.15) is 39.0 Å². The lowest BCUT2D eigenvalue weighted by Gasteiger charge is -2.42. The molecule has 2 aliphatic rings. The Morgan fingerprint density at radius 3 is 2.71 bits per heavy atom. The standard InChI is InChI=1S/C11H17NO2/c1-2-7-10(12-11(7)14)8-5-3-4-6-9(8)13/h7-8,10H,2-6H2,1H3,(H,12,14). The highest BCUT2D eigenvalue weighted by Gasteiger charge is 2.45. The molecule has 1 amide bonds. The van der Waals surface area contributed by atoms with Gasteiger partial charge in [0.2, 0.25) is 5.91 Å². The van der Waals surface area contributed by atoms with Crippen molar-refractivity contribution in [2.45, 2.75) is 45.1 Å². The molecule has 2 rings (SSSR count). The van der Waals surface area contributed by atoms with Gasteiger partial charge in [0.05, 0.1) is 12.0 Å². The molecule has 0 radical (unpaired) electrons. The van der Waals surface area contributed by atoms with Gasteiger partial charge in [-0.15, -0.1) is 0 Å². The molecule has 1 N–H and O–H groups in total. The van der Waals surface area contributed by atoms with Crippen molar-refractivity contribution >= 4 is 11.7 Å². The molecule has 3 nitrogen and oxygen atoms in total. The van der Waals surface area contributed by atoms with Crippen LogP contribution < -0.4 is 5.32 Å². The normalized spacial score (nSPS) is 37.6. The molecule has 3 atom stereocenters. The molecule has 1 saturated heterocycles. The number of carbonyl (C=O) groups excluding carboxylic acids is 2. The van der Waals surface area contributed by atoms with Crippen molar-refractivity contribution in [2.24, 2.45) is 11.8 Å². The predicted octanol–water partition coefficient (Wildman–Crippen LogP) is 1.27. The molecular formula is C11H17NO2. The zero-order valence-corrected chi connectivity index (χ0v) is 8.58. The summed E-state index contributed by atoms with van der Waals surface area (Å²) in [6, 6.07) is 0.153.